The smallest absolute Gasteiger partial charge is 0.227 e. The first-order valence-electron chi connectivity index (χ1n) is 7.06. The molecule has 2 unspecified atom stereocenters. The summed E-state index contributed by atoms with van der Waals surface area (Å²) < 4.78 is 5.72. The summed E-state index contributed by atoms with van der Waals surface area (Å²) in [6, 6.07) is 0. The molecule has 1 rings (SSSR count). The number of carbonyl (C=O) groups excluding carboxylic acids is 1. The lowest BCUT2D eigenvalue weighted by molar-refractivity contribution is -0.170. The van der Waals surface area contributed by atoms with Gasteiger partial charge < -0.3 is 20.5 Å². The number of amides is 1. The molecule has 5 heteroatoms. The molecule has 0 aromatic heterocycles. The third-order valence-electron chi connectivity index (χ3n) is 3.39. The van der Waals surface area contributed by atoms with Crippen molar-refractivity contribution in [3.05, 3.63) is 0 Å². The topological polar surface area (TPSA) is 75.8 Å². The Hall–Kier alpha value is -0.650. The highest BCUT2D eigenvalue weighted by molar-refractivity contribution is 5.79. The van der Waals surface area contributed by atoms with E-state index in [2.05, 4.69) is 13.8 Å². The molecule has 19 heavy (non-hydrogen) atoms. The van der Waals surface area contributed by atoms with Gasteiger partial charge in [0.1, 0.15) is 0 Å². The summed E-state index contributed by atoms with van der Waals surface area (Å²) >= 11 is 0. The van der Waals surface area contributed by atoms with Crippen LogP contribution in [0.25, 0.3) is 0 Å². The summed E-state index contributed by atoms with van der Waals surface area (Å²) in [5.41, 5.74) is 5.32. The van der Waals surface area contributed by atoms with E-state index in [1.807, 2.05) is 13.8 Å². The maximum atomic E-state index is 12.5. The fourth-order valence-corrected chi connectivity index (χ4v) is 2.68. The fourth-order valence-electron chi connectivity index (χ4n) is 2.68. The average Bonchev–Trinajstić information content (AvgIpc) is 2.32. The third kappa shape index (κ3) is 4.75. The van der Waals surface area contributed by atoms with Crippen LogP contribution in [0.4, 0.5) is 0 Å². The first kappa shape index (κ1) is 16.4. The molecule has 1 heterocycles. The molecule has 1 saturated heterocycles. The van der Waals surface area contributed by atoms with Crippen molar-refractivity contribution in [1.29, 1.82) is 0 Å². The predicted octanol–water partition coefficient (Wildman–Crippen LogP) is 0.606. The zero-order valence-corrected chi connectivity index (χ0v) is 12.6. The fraction of sp³-hybridized carbons (Fsp3) is 0.929. The van der Waals surface area contributed by atoms with E-state index in [0.29, 0.717) is 25.6 Å². The van der Waals surface area contributed by atoms with Gasteiger partial charge in [-0.05, 0) is 26.2 Å². The highest BCUT2D eigenvalue weighted by atomic mass is 16.5. The van der Waals surface area contributed by atoms with E-state index in [-0.39, 0.29) is 24.5 Å². The summed E-state index contributed by atoms with van der Waals surface area (Å²) in [6.45, 7) is 9.38. The molecule has 1 amide bonds. The van der Waals surface area contributed by atoms with Crippen molar-refractivity contribution in [3.8, 4) is 0 Å². The minimum Gasteiger partial charge on any atom is -0.394 e. The van der Waals surface area contributed by atoms with E-state index >= 15 is 0 Å². The molecule has 0 aliphatic carbocycles. The van der Waals surface area contributed by atoms with E-state index in [1.54, 1.807) is 4.90 Å². The molecule has 0 aromatic carbocycles. The quantitative estimate of drug-likeness (QED) is 0.768. The Bertz CT molecular complexity index is 305. The van der Waals surface area contributed by atoms with Gasteiger partial charge in [0.2, 0.25) is 5.91 Å². The number of aliphatic hydroxyl groups is 1. The van der Waals surface area contributed by atoms with Gasteiger partial charge in [-0.2, -0.15) is 0 Å². The summed E-state index contributed by atoms with van der Waals surface area (Å²) in [5.74, 6) is 0.402. The third-order valence-corrected chi connectivity index (χ3v) is 3.39. The number of hydrogen-bond donors (Lipinski definition) is 2. The molecular weight excluding hydrogens is 244 g/mol. The molecule has 0 bridgehead atoms. The van der Waals surface area contributed by atoms with E-state index in [0.717, 1.165) is 6.42 Å². The zero-order valence-electron chi connectivity index (χ0n) is 12.6. The number of rotatable bonds is 5. The van der Waals surface area contributed by atoms with Crippen molar-refractivity contribution in [2.24, 2.45) is 17.6 Å². The predicted molar refractivity (Wildman–Crippen MR) is 74.6 cm³/mol. The number of nitrogens with zero attached hydrogens (tertiary/aromatic N) is 1. The Balaban J connectivity index is 2.73. The van der Waals surface area contributed by atoms with Crippen LogP contribution in [0.3, 0.4) is 0 Å². The Morgan fingerprint density at radius 3 is 2.63 bits per heavy atom. The molecule has 1 aliphatic heterocycles. The number of aliphatic hydroxyl groups excluding tert-OH is 1. The van der Waals surface area contributed by atoms with Crippen molar-refractivity contribution in [3.63, 3.8) is 0 Å². The highest BCUT2D eigenvalue weighted by Crippen LogP contribution is 2.23. The lowest BCUT2D eigenvalue weighted by Gasteiger charge is -2.43. The molecule has 1 fully saturated rings. The lowest BCUT2D eigenvalue weighted by atomic mass is 9.94. The summed E-state index contributed by atoms with van der Waals surface area (Å²) in [7, 11) is 0. The number of morpholine rings is 1. The Morgan fingerprint density at radius 1 is 1.53 bits per heavy atom. The van der Waals surface area contributed by atoms with Crippen LogP contribution in [0.15, 0.2) is 0 Å². The normalized spacial score (nSPS) is 24.6. The Kier molecular flexibility index (Phi) is 5.77. The van der Waals surface area contributed by atoms with Crippen molar-refractivity contribution < 1.29 is 14.6 Å². The molecule has 0 saturated carbocycles. The molecule has 0 aromatic rings. The summed E-state index contributed by atoms with van der Waals surface area (Å²) in [4.78, 5) is 14.3. The first-order valence-corrected chi connectivity index (χ1v) is 7.06. The van der Waals surface area contributed by atoms with Gasteiger partial charge in [0.05, 0.1) is 24.2 Å². The number of ether oxygens (including phenoxy) is 1. The van der Waals surface area contributed by atoms with Gasteiger partial charge in [0.15, 0.2) is 0 Å². The van der Waals surface area contributed by atoms with E-state index in [4.69, 9.17) is 10.5 Å². The average molecular weight is 272 g/mol. The second-order valence-electron chi connectivity index (χ2n) is 6.46. The maximum Gasteiger partial charge on any atom is 0.227 e. The van der Waals surface area contributed by atoms with Gasteiger partial charge in [-0.15, -0.1) is 0 Å². The molecule has 1 aliphatic rings. The SMILES string of the molecule is CC(C)CC(CN)C(=O)N1CC(CO)OC(C)(C)C1. The van der Waals surface area contributed by atoms with Gasteiger partial charge in [0.25, 0.3) is 0 Å². The van der Waals surface area contributed by atoms with Crippen LogP contribution >= 0.6 is 0 Å². The van der Waals surface area contributed by atoms with Crippen LogP contribution < -0.4 is 5.73 Å². The van der Waals surface area contributed by atoms with Crippen LogP contribution in [-0.4, -0.2) is 53.9 Å². The Labute approximate surface area is 116 Å². The van der Waals surface area contributed by atoms with Gasteiger partial charge in [0, 0.05) is 19.6 Å². The van der Waals surface area contributed by atoms with Crippen LogP contribution in [0.5, 0.6) is 0 Å². The monoisotopic (exact) mass is 272 g/mol. The number of carbonyl (C=O) groups is 1. The van der Waals surface area contributed by atoms with Gasteiger partial charge in [-0.25, -0.2) is 0 Å². The highest BCUT2D eigenvalue weighted by Gasteiger charge is 2.37. The molecule has 0 spiro atoms. The minimum atomic E-state index is -0.418. The minimum absolute atomic E-state index is 0.0648. The van der Waals surface area contributed by atoms with Crippen LogP contribution in [-0.2, 0) is 9.53 Å². The molecular formula is C14H28N2O3. The van der Waals surface area contributed by atoms with Crippen LogP contribution in [0.2, 0.25) is 0 Å². The van der Waals surface area contributed by atoms with Crippen molar-refractivity contribution >= 4 is 5.91 Å². The maximum absolute atomic E-state index is 12.5. The van der Waals surface area contributed by atoms with Gasteiger partial charge in [-0.3, -0.25) is 4.79 Å². The van der Waals surface area contributed by atoms with Crippen molar-refractivity contribution in [2.45, 2.75) is 45.8 Å². The van der Waals surface area contributed by atoms with E-state index in [1.165, 1.54) is 0 Å². The standard InChI is InChI=1S/C14H28N2O3/c1-10(2)5-11(6-15)13(18)16-7-12(8-17)19-14(3,4)9-16/h10-12,17H,5-9,15H2,1-4H3. The van der Waals surface area contributed by atoms with E-state index in [9.17, 15) is 9.90 Å². The molecule has 2 atom stereocenters. The van der Waals surface area contributed by atoms with Crippen LogP contribution in [0.1, 0.15) is 34.1 Å². The first-order chi connectivity index (χ1) is 8.79. The van der Waals surface area contributed by atoms with Crippen LogP contribution in [0, 0.1) is 11.8 Å². The van der Waals surface area contributed by atoms with Gasteiger partial charge >= 0.3 is 0 Å². The zero-order chi connectivity index (χ0) is 14.6. The number of nitrogens with two attached hydrogens (primary N) is 1. The Morgan fingerprint density at radius 2 is 2.16 bits per heavy atom. The molecule has 0 radical (unpaired) electrons. The molecule has 112 valence electrons. The molecule has 3 N–H and O–H groups in total. The van der Waals surface area contributed by atoms with Crippen molar-refractivity contribution in [1.82, 2.24) is 4.90 Å². The second kappa shape index (κ2) is 6.68. The second-order valence-corrected chi connectivity index (χ2v) is 6.46. The van der Waals surface area contributed by atoms with Crippen molar-refractivity contribution in [2.75, 3.05) is 26.2 Å². The lowest BCUT2D eigenvalue weighted by Crippen LogP contribution is -2.57. The number of hydrogen-bond acceptors (Lipinski definition) is 4. The summed E-state index contributed by atoms with van der Waals surface area (Å²) in [6.07, 6.45) is 0.502. The largest absolute Gasteiger partial charge is 0.394 e. The van der Waals surface area contributed by atoms with E-state index < -0.39 is 5.60 Å². The van der Waals surface area contributed by atoms with Gasteiger partial charge in [-0.1, -0.05) is 13.8 Å². The summed E-state index contributed by atoms with van der Waals surface area (Å²) in [5, 5.41) is 9.28. The molecule has 5 nitrogen and oxygen atoms in total.